The lowest BCUT2D eigenvalue weighted by molar-refractivity contribution is 0.352. The summed E-state index contributed by atoms with van der Waals surface area (Å²) in [6.45, 7) is 5.61. The summed E-state index contributed by atoms with van der Waals surface area (Å²) in [7, 11) is 0. The van der Waals surface area contributed by atoms with E-state index in [0.29, 0.717) is 24.9 Å². The summed E-state index contributed by atoms with van der Waals surface area (Å²) < 4.78 is 27.6. The third-order valence-electron chi connectivity index (χ3n) is 3.22. The van der Waals surface area contributed by atoms with Crippen molar-refractivity contribution in [2.75, 3.05) is 23.7 Å². The van der Waals surface area contributed by atoms with Crippen LogP contribution in [0.2, 0.25) is 0 Å². The Kier molecular flexibility index (Phi) is 3.22. The minimum Gasteiger partial charge on any atom is -0.399 e. The molecule has 2 N–H and O–H groups in total. The van der Waals surface area contributed by atoms with Crippen molar-refractivity contribution in [2.45, 2.75) is 20.3 Å². The smallest absolute Gasteiger partial charge is 0.151 e. The van der Waals surface area contributed by atoms with Gasteiger partial charge in [0.1, 0.15) is 5.69 Å². The molecule has 1 aliphatic heterocycles. The summed E-state index contributed by atoms with van der Waals surface area (Å²) in [4.78, 5) is 1.79. The Bertz CT molecular complexity index is 387. The molecule has 1 aliphatic rings. The first-order valence-electron chi connectivity index (χ1n) is 5.97. The molecule has 0 spiro atoms. The second-order valence-electron chi connectivity index (χ2n) is 5.18. The molecular weight excluding hydrogens is 222 g/mol. The first-order chi connectivity index (χ1) is 7.97. The van der Waals surface area contributed by atoms with Gasteiger partial charge in [-0.05, 0) is 30.4 Å². The second kappa shape index (κ2) is 4.51. The van der Waals surface area contributed by atoms with E-state index in [9.17, 15) is 8.78 Å². The standard InChI is InChI=1S/C13H18F2N2/c1-8-3-9(2)7-17(6-8)13-11(14)4-10(16)5-12(13)15/h4-5,8-9H,3,6-7,16H2,1-2H3/t8-,9-/m1/s1. The highest BCUT2D eigenvalue weighted by Crippen LogP contribution is 2.31. The maximum Gasteiger partial charge on any atom is 0.151 e. The van der Waals surface area contributed by atoms with Gasteiger partial charge in [0.25, 0.3) is 0 Å². The normalized spacial score (nSPS) is 25.1. The minimum atomic E-state index is -0.566. The minimum absolute atomic E-state index is 0.0672. The van der Waals surface area contributed by atoms with E-state index in [1.54, 1.807) is 4.90 Å². The van der Waals surface area contributed by atoms with Crippen molar-refractivity contribution in [1.29, 1.82) is 0 Å². The number of halogens is 2. The third-order valence-corrected chi connectivity index (χ3v) is 3.22. The summed E-state index contributed by atoms with van der Waals surface area (Å²) in [6, 6.07) is 2.37. The molecule has 0 bridgehead atoms. The quantitative estimate of drug-likeness (QED) is 0.764. The van der Waals surface area contributed by atoms with Crippen molar-refractivity contribution in [3.05, 3.63) is 23.8 Å². The summed E-state index contributed by atoms with van der Waals surface area (Å²) in [6.07, 6.45) is 1.11. The van der Waals surface area contributed by atoms with Crippen LogP contribution in [0.4, 0.5) is 20.2 Å². The average Bonchev–Trinajstić information content (AvgIpc) is 2.13. The lowest BCUT2D eigenvalue weighted by Gasteiger charge is -2.36. The highest BCUT2D eigenvalue weighted by molar-refractivity contribution is 5.56. The highest BCUT2D eigenvalue weighted by atomic mass is 19.1. The van der Waals surface area contributed by atoms with Crippen LogP contribution in [0, 0.1) is 23.5 Å². The number of nitrogens with two attached hydrogens (primary N) is 1. The van der Waals surface area contributed by atoms with E-state index in [1.165, 1.54) is 12.1 Å². The molecule has 17 heavy (non-hydrogen) atoms. The lowest BCUT2D eigenvalue weighted by Crippen LogP contribution is -2.39. The first-order valence-corrected chi connectivity index (χ1v) is 5.97. The molecule has 0 radical (unpaired) electrons. The molecule has 0 unspecified atom stereocenters. The van der Waals surface area contributed by atoms with Gasteiger partial charge in [-0.25, -0.2) is 8.78 Å². The monoisotopic (exact) mass is 240 g/mol. The van der Waals surface area contributed by atoms with Crippen LogP contribution in [0.1, 0.15) is 20.3 Å². The molecule has 4 heteroatoms. The summed E-state index contributed by atoms with van der Waals surface area (Å²) in [5, 5.41) is 0. The molecule has 94 valence electrons. The highest BCUT2D eigenvalue weighted by Gasteiger charge is 2.26. The molecule has 1 heterocycles. The predicted molar refractivity (Wildman–Crippen MR) is 65.9 cm³/mol. The van der Waals surface area contributed by atoms with Gasteiger partial charge in [0, 0.05) is 18.8 Å². The van der Waals surface area contributed by atoms with E-state index in [-0.39, 0.29) is 11.4 Å². The number of nitrogens with zero attached hydrogens (tertiary/aromatic N) is 1. The molecular formula is C13H18F2N2. The second-order valence-corrected chi connectivity index (χ2v) is 5.18. The van der Waals surface area contributed by atoms with E-state index in [4.69, 9.17) is 5.73 Å². The first kappa shape index (κ1) is 12.1. The van der Waals surface area contributed by atoms with Crippen LogP contribution in [-0.4, -0.2) is 13.1 Å². The van der Waals surface area contributed by atoms with E-state index in [2.05, 4.69) is 13.8 Å². The van der Waals surface area contributed by atoms with Crippen molar-refractivity contribution in [3.63, 3.8) is 0 Å². The van der Waals surface area contributed by atoms with Gasteiger partial charge in [0.05, 0.1) is 0 Å². The summed E-state index contributed by atoms with van der Waals surface area (Å²) >= 11 is 0. The molecule has 2 rings (SSSR count). The molecule has 1 aromatic rings. The molecule has 0 aliphatic carbocycles. The number of piperidine rings is 1. The van der Waals surface area contributed by atoms with Crippen LogP contribution in [0.15, 0.2) is 12.1 Å². The number of anilines is 2. The fraction of sp³-hybridized carbons (Fsp3) is 0.538. The van der Waals surface area contributed by atoms with Crippen LogP contribution < -0.4 is 10.6 Å². The molecule has 0 aromatic heterocycles. The Morgan fingerprint density at radius 3 is 2.06 bits per heavy atom. The molecule has 0 amide bonds. The van der Waals surface area contributed by atoms with Crippen molar-refractivity contribution in [2.24, 2.45) is 11.8 Å². The molecule has 1 fully saturated rings. The number of hydrogen-bond acceptors (Lipinski definition) is 2. The predicted octanol–water partition coefficient (Wildman–Crippen LogP) is 3.03. The van der Waals surface area contributed by atoms with Gasteiger partial charge in [0.2, 0.25) is 0 Å². The molecule has 2 atom stereocenters. The van der Waals surface area contributed by atoms with Crippen molar-refractivity contribution in [3.8, 4) is 0 Å². The Hall–Kier alpha value is -1.32. The average molecular weight is 240 g/mol. The number of hydrogen-bond donors (Lipinski definition) is 1. The lowest BCUT2D eigenvalue weighted by atomic mass is 9.91. The topological polar surface area (TPSA) is 29.3 Å². The third kappa shape index (κ3) is 2.51. The Morgan fingerprint density at radius 1 is 1.12 bits per heavy atom. The zero-order chi connectivity index (χ0) is 12.6. The Labute approximate surface area is 100 Å². The largest absolute Gasteiger partial charge is 0.399 e. The van der Waals surface area contributed by atoms with Crippen molar-refractivity contribution in [1.82, 2.24) is 0 Å². The van der Waals surface area contributed by atoms with Gasteiger partial charge in [0.15, 0.2) is 11.6 Å². The summed E-state index contributed by atoms with van der Waals surface area (Å²) in [5.74, 6) is -0.224. The Morgan fingerprint density at radius 2 is 1.59 bits per heavy atom. The number of rotatable bonds is 1. The van der Waals surface area contributed by atoms with Gasteiger partial charge in [-0.2, -0.15) is 0 Å². The van der Waals surface area contributed by atoms with E-state index >= 15 is 0 Å². The zero-order valence-electron chi connectivity index (χ0n) is 10.2. The molecule has 1 saturated heterocycles. The van der Waals surface area contributed by atoms with E-state index < -0.39 is 11.6 Å². The van der Waals surface area contributed by atoms with Crippen LogP contribution in [0.3, 0.4) is 0 Å². The SMILES string of the molecule is C[C@@H]1C[C@@H](C)CN(c2c(F)cc(N)cc2F)C1. The van der Waals surface area contributed by atoms with Gasteiger partial charge in [-0.15, -0.1) is 0 Å². The van der Waals surface area contributed by atoms with E-state index in [1.807, 2.05) is 0 Å². The fourth-order valence-electron chi connectivity index (χ4n) is 2.73. The fourth-order valence-corrected chi connectivity index (χ4v) is 2.73. The van der Waals surface area contributed by atoms with E-state index in [0.717, 1.165) is 6.42 Å². The zero-order valence-corrected chi connectivity index (χ0v) is 10.2. The maximum atomic E-state index is 13.8. The van der Waals surface area contributed by atoms with Crippen LogP contribution in [-0.2, 0) is 0 Å². The van der Waals surface area contributed by atoms with Gasteiger partial charge in [-0.1, -0.05) is 13.8 Å². The molecule has 0 saturated carbocycles. The Balaban J connectivity index is 2.33. The van der Waals surface area contributed by atoms with Crippen molar-refractivity contribution >= 4 is 11.4 Å². The van der Waals surface area contributed by atoms with Gasteiger partial charge >= 0.3 is 0 Å². The van der Waals surface area contributed by atoms with Crippen LogP contribution >= 0.6 is 0 Å². The van der Waals surface area contributed by atoms with Gasteiger partial charge < -0.3 is 10.6 Å². The van der Waals surface area contributed by atoms with Crippen LogP contribution in [0.5, 0.6) is 0 Å². The number of nitrogen functional groups attached to an aromatic ring is 1. The number of benzene rings is 1. The van der Waals surface area contributed by atoms with Gasteiger partial charge in [-0.3, -0.25) is 0 Å². The summed E-state index contributed by atoms with van der Waals surface area (Å²) in [5.41, 5.74) is 5.61. The van der Waals surface area contributed by atoms with Crippen molar-refractivity contribution < 1.29 is 8.78 Å². The molecule has 1 aromatic carbocycles. The maximum absolute atomic E-state index is 13.8. The molecule has 2 nitrogen and oxygen atoms in total. The van der Waals surface area contributed by atoms with Crippen LogP contribution in [0.25, 0.3) is 0 Å².